The van der Waals surface area contributed by atoms with Crippen LogP contribution in [0.15, 0.2) is 48.5 Å². The Morgan fingerprint density at radius 3 is 2.59 bits per heavy atom. The number of fused-ring (bicyclic) bond motifs is 1. The van der Waals surface area contributed by atoms with Crippen LogP contribution in [-0.2, 0) is 12.8 Å². The van der Waals surface area contributed by atoms with Crippen LogP contribution in [0.5, 0.6) is 11.5 Å². The Morgan fingerprint density at radius 2 is 1.76 bits per heavy atom. The summed E-state index contributed by atoms with van der Waals surface area (Å²) in [6.07, 6.45) is 9.23. The normalized spacial score (nSPS) is 20.7. The van der Waals surface area contributed by atoms with E-state index in [4.69, 9.17) is 9.47 Å². The summed E-state index contributed by atoms with van der Waals surface area (Å²) in [4.78, 5) is 0. The van der Waals surface area contributed by atoms with Crippen molar-refractivity contribution in [3.8, 4) is 11.5 Å². The Kier molecular flexibility index (Phi) is 7.07. The molecule has 2 aliphatic carbocycles. The molecule has 1 saturated carbocycles. The van der Waals surface area contributed by atoms with E-state index >= 15 is 0 Å². The molecule has 0 spiro atoms. The Labute approximate surface area is 174 Å². The van der Waals surface area contributed by atoms with Crippen LogP contribution >= 0.6 is 0 Å². The van der Waals surface area contributed by atoms with Gasteiger partial charge in [-0.25, -0.2) is 0 Å². The second-order valence-electron chi connectivity index (χ2n) is 8.43. The SMILES string of the molecule is OC(CNC1CCCc2ccc(OC3CCCC3)cc2C1)COc1ccccc1. The van der Waals surface area contributed by atoms with E-state index in [2.05, 4.69) is 23.5 Å². The second kappa shape index (κ2) is 10.1. The first kappa shape index (κ1) is 20.2. The summed E-state index contributed by atoms with van der Waals surface area (Å²) in [6.45, 7) is 0.852. The van der Waals surface area contributed by atoms with Crippen LogP contribution in [-0.4, -0.2) is 36.5 Å². The predicted octanol–water partition coefficient (Wildman–Crippen LogP) is 4.28. The van der Waals surface area contributed by atoms with Crippen molar-refractivity contribution in [2.45, 2.75) is 69.6 Å². The molecule has 0 saturated heterocycles. The number of para-hydroxylation sites is 1. The Balaban J connectivity index is 1.28. The van der Waals surface area contributed by atoms with Gasteiger partial charge in [0, 0.05) is 12.6 Å². The van der Waals surface area contributed by atoms with Gasteiger partial charge in [-0.3, -0.25) is 0 Å². The average Bonchev–Trinajstić information content (AvgIpc) is 3.16. The highest BCUT2D eigenvalue weighted by Crippen LogP contribution is 2.28. The summed E-state index contributed by atoms with van der Waals surface area (Å²) >= 11 is 0. The van der Waals surface area contributed by atoms with Crippen LogP contribution in [0.1, 0.15) is 49.7 Å². The third-order valence-corrected chi connectivity index (χ3v) is 6.08. The molecule has 4 heteroatoms. The number of nitrogens with one attached hydrogen (secondary N) is 1. The summed E-state index contributed by atoms with van der Waals surface area (Å²) in [7, 11) is 0. The molecule has 2 aliphatic rings. The molecule has 4 rings (SSSR count). The molecule has 2 atom stereocenters. The highest BCUT2D eigenvalue weighted by Gasteiger charge is 2.20. The first-order chi connectivity index (χ1) is 14.3. The van der Waals surface area contributed by atoms with Gasteiger partial charge < -0.3 is 19.9 Å². The van der Waals surface area contributed by atoms with Crippen molar-refractivity contribution in [1.29, 1.82) is 0 Å². The topological polar surface area (TPSA) is 50.7 Å². The van der Waals surface area contributed by atoms with E-state index in [1.807, 2.05) is 30.3 Å². The van der Waals surface area contributed by atoms with Crippen molar-refractivity contribution in [1.82, 2.24) is 5.32 Å². The molecule has 29 heavy (non-hydrogen) atoms. The molecule has 2 unspecified atom stereocenters. The van der Waals surface area contributed by atoms with Gasteiger partial charge in [0.1, 0.15) is 24.2 Å². The van der Waals surface area contributed by atoms with Gasteiger partial charge in [0.05, 0.1) is 6.10 Å². The van der Waals surface area contributed by atoms with Gasteiger partial charge >= 0.3 is 0 Å². The minimum atomic E-state index is -0.519. The van der Waals surface area contributed by atoms with Crippen molar-refractivity contribution < 1.29 is 14.6 Å². The zero-order chi connectivity index (χ0) is 19.9. The zero-order valence-corrected chi connectivity index (χ0v) is 17.2. The van der Waals surface area contributed by atoms with Gasteiger partial charge in [-0.2, -0.15) is 0 Å². The maximum Gasteiger partial charge on any atom is 0.120 e. The molecule has 156 valence electrons. The smallest absolute Gasteiger partial charge is 0.120 e. The van der Waals surface area contributed by atoms with Crippen LogP contribution in [0.2, 0.25) is 0 Å². The van der Waals surface area contributed by atoms with Crippen molar-refractivity contribution in [2.75, 3.05) is 13.2 Å². The highest BCUT2D eigenvalue weighted by molar-refractivity contribution is 5.37. The number of ether oxygens (including phenoxy) is 2. The standard InChI is InChI=1S/C25H33NO3/c27-22(18-28-23-9-2-1-3-10-23)17-26-21-8-6-7-19-13-14-25(16-20(19)15-21)29-24-11-4-5-12-24/h1-3,9-10,13-14,16,21-22,24,26-27H,4-8,11-12,15,17-18H2. The van der Waals surface area contributed by atoms with E-state index in [1.165, 1.54) is 43.2 Å². The molecule has 0 amide bonds. The first-order valence-corrected chi connectivity index (χ1v) is 11.1. The number of hydrogen-bond donors (Lipinski definition) is 2. The maximum absolute atomic E-state index is 10.3. The fourth-order valence-electron chi connectivity index (χ4n) is 4.46. The molecule has 1 fully saturated rings. The molecular formula is C25H33NO3. The van der Waals surface area contributed by atoms with E-state index in [1.54, 1.807) is 0 Å². The molecular weight excluding hydrogens is 362 g/mol. The van der Waals surface area contributed by atoms with E-state index in [0.717, 1.165) is 30.8 Å². The Morgan fingerprint density at radius 1 is 0.931 bits per heavy atom. The molecule has 2 N–H and O–H groups in total. The third kappa shape index (κ3) is 5.97. The summed E-state index contributed by atoms with van der Waals surface area (Å²) in [6, 6.07) is 16.7. The lowest BCUT2D eigenvalue weighted by atomic mass is 10.0. The lowest BCUT2D eigenvalue weighted by Gasteiger charge is -2.20. The number of benzene rings is 2. The fraction of sp³-hybridized carbons (Fsp3) is 0.520. The van der Waals surface area contributed by atoms with Crippen molar-refractivity contribution >= 4 is 0 Å². The predicted molar refractivity (Wildman–Crippen MR) is 116 cm³/mol. The van der Waals surface area contributed by atoms with Crippen LogP contribution in [0.4, 0.5) is 0 Å². The number of aryl methyl sites for hydroxylation is 1. The molecule has 2 aromatic carbocycles. The van der Waals surface area contributed by atoms with Gasteiger partial charge in [-0.05, 0) is 86.8 Å². The van der Waals surface area contributed by atoms with E-state index in [-0.39, 0.29) is 0 Å². The van der Waals surface area contributed by atoms with Gasteiger partial charge in [0.25, 0.3) is 0 Å². The van der Waals surface area contributed by atoms with E-state index < -0.39 is 6.10 Å². The Hall–Kier alpha value is -2.04. The minimum absolute atomic E-state index is 0.305. The van der Waals surface area contributed by atoms with Gasteiger partial charge in [0.2, 0.25) is 0 Å². The lowest BCUT2D eigenvalue weighted by Crippen LogP contribution is -2.39. The quantitative estimate of drug-likeness (QED) is 0.655. The largest absolute Gasteiger partial charge is 0.491 e. The molecule has 4 nitrogen and oxygen atoms in total. The van der Waals surface area contributed by atoms with Crippen molar-refractivity contribution in [2.24, 2.45) is 0 Å². The van der Waals surface area contributed by atoms with Crippen LogP contribution in [0, 0.1) is 0 Å². The van der Waals surface area contributed by atoms with Crippen molar-refractivity contribution in [3.63, 3.8) is 0 Å². The second-order valence-corrected chi connectivity index (χ2v) is 8.43. The lowest BCUT2D eigenvalue weighted by molar-refractivity contribution is 0.103. The first-order valence-electron chi connectivity index (χ1n) is 11.1. The van der Waals surface area contributed by atoms with Crippen molar-refractivity contribution in [3.05, 3.63) is 59.7 Å². The fourth-order valence-corrected chi connectivity index (χ4v) is 4.46. The molecule has 0 bridgehead atoms. The van der Waals surface area contributed by atoms with E-state index in [0.29, 0.717) is 25.3 Å². The summed E-state index contributed by atoms with van der Waals surface area (Å²) < 4.78 is 11.9. The number of rotatable bonds is 8. The summed E-state index contributed by atoms with van der Waals surface area (Å²) in [5, 5.41) is 13.9. The van der Waals surface area contributed by atoms with Gasteiger partial charge in [-0.15, -0.1) is 0 Å². The third-order valence-electron chi connectivity index (χ3n) is 6.08. The summed E-state index contributed by atoms with van der Waals surface area (Å²) in [5.74, 6) is 1.82. The Bertz CT molecular complexity index is 758. The number of aliphatic hydroxyl groups excluding tert-OH is 1. The minimum Gasteiger partial charge on any atom is -0.491 e. The molecule has 0 aliphatic heterocycles. The zero-order valence-electron chi connectivity index (χ0n) is 17.2. The van der Waals surface area contributed by atoms with Crippen LogP contribution in [0.25, 0.3) is 0 Å². The molecule has 0 heterocycles. The monoisotopic (exact) mass is 395 g/mol. The van der Waals surface area contributed by atoms with E-state index in [9.17, 15) is 5.11 Å². The van der Waals surface area contributed by atoms with Gasteiger partial charge in [0.15, 0.2) is 0 Å². The maximum atomic E-state index is 10.3. The number of hydrogen-bond acceptors (Lipinski definition) is 4. The number of aliphatic hydroxyl groups is 1. The molecule has 0 aromatic heterocycles. The average molecular weight is 396 g/mol. The highest BCUT2D eigenvalue weighted by atomic mass is 16.5. The van der Waals surface area contributed by atoms with Crippen LogP contribution < -0.4 is 14.8 Å². The van der Waals surface area contributed by atoms with Crippen LogP contribution in [0.3, 0.4) is 0 Å². The molecule has 0 radical (unpaired) electrons. The molecule has 2 aromatic rings. The van der Waals surface area contributed by atoms with Gasteiger partial charge in [-0.1, -0.05) is 24.3 Å². The summed E-state index contributed by atoms with van der Waals surface area (Å²) in [5.41, 5.74) is 2.84.